The fourth-order valence-corrected chi connectivity index (χ4v) is 5.32. The average molecular weight is 307 g/mol. The first kappa shape index (κ1) is 15.0. The zero-order valence-corrected chi connectivity index (χ0v) is 13.6. The van der Waals surface area contributed by atoms with E-state index in [-0.39, 0.29) is 10.9 Å². The monoisotopic (exact) mass is 307 g/mol. The number of rotatable bonds is 2. The van der Waals surface area contributed by atoms with Gasteiger partial charge >= 0.3 is 0 Å². The maximum atomic E-state index is 12.9. The number of hydrogen-bond donors (Lipinski definition) is 1. The summed E-state index contributed by atoms with van der Waals surface area (Å²) in [7, 11) is -0.952. The first-order valence-corrected chi connectivity index (χ1v) is 9.22. The summed E-state index contributed by atoms with van der Waals surface area (Å²) in [6.07, 6.45) is 7.94. The Morgan fingerprint density at radius 1 is 1.29 bits per heavy atom. The Balaban J connectivity index is 1.76. The van der Waals surface area contributed by atoms with Gasteiger partial charge in [0.1, 0.15) is 0 Å². The van der Waals surface area contributed by atoms with Crippen molar-refractivity contribution >= 4 is 16.5 Å². The van der Waals surface area contributed by atoms with E-state index in [1.165, 1.54) is 19.3 Å². The second-order valence-corrected chi connectivity index (χ2v) is 8.26. The molecule has 2 atom stereocenters. The van der Waals surface area contributed by atoms with E-state index in [0.29, 0.717) is 0 Å². The predicted octanol–water partition coefficient (Wildman–Crippen LogP) is 3.57. The topological polar surface area (TPSA) is 52.3 Å². The van der Waals surface area contributed by atoms with Gasteiger partial charge in [0.15, 0.2) is 0 Å². The Labute approximate surface area is 129 Å². The lowest BCUT2D eigenvalue weighted by Gasteiger charge is -2.43. The van der Waals surface area contributed by atoms with Crippen LogP contribution < -0.4 is 5.73 Å². The average Bonchev–Trinajstić information content (AvgIpc) is 2.50. The molecule has 0 amide bonds. The van der Waals surface area contributed by atoms with Crippen LogP contribution in [0.5, 0.6) is 0 Å². The molecule has 4 heteroatoms. The number of hydrogen-bond acceptors (Lipinski definition) is 3. The summed E-state index contributed by atoms with van der Waals surface area (Å²) in [5.74, 6) is 0. The van der Waals surface area contributed by atoms with Crippen LogP contribution in [0, 0.1) is 6.92 Å². The van der Waals surface area contributed by atoms with Gasteiger partial charge in [0.25, 0.3) is 0 Å². The number of nitrogens with two attached hydrogens (primary N) is 1. The number of anilines is 1. The molecular formula is C17H25NO2S. The molecule has 1 aromatic carbocycles. The summed E-state index contributed by atoms with van der Waals surface area (Å²) in [6, 6.07) is 5.77. The SMILES string of the molecule is Cc1cc(S(=O)C2CCOC3(CCCCC3)C2)ccc1N. The van der Waals surface area contributed by atoms with Crippen molar-refractivity contribution in [2.75, 3.05) is 12.3 Å². The van der Waals surface area contributed by atoms with Crippen LogP contribution in [0.1, 0.15) is 50.5 Å². The van der Waals surface area contributed by atoms with E-state index in [2.05, 4.69) is 0 Å². The Morgan fingerprint density at radius 3 is 2.76 bits per heavy atom. The summed E-state index contributed by atoms with van der Waals surface area (Å²) < 4.78 is 19.0. The van der Waals surface area contributed by atoms with Crippen molar-refractivity contribution in [3.8, 4) is 0 Å². The van der Waals surface area contributed by atoms with Gasteiger partial charge in [-0.3, -0.25) is 4.21 Å². The Kier molecular flexibility index (Phi) is 4.36. The molecule has 1 saturated heterocycles. The summed E-state index contributed by atoms with van der Waals surface area (Å²) >= 11 is 0. The van der Waals surface area contributed by atoms with Crippen LogP contribution in [0.4, 0.5) is 5.69 Å². The highest BCUT2D eigenvalue weighted by atomic mass is 32.2. The maximum absolute atomic E-state index is 12.9. The van der Waals surface area contributed by atoms with Gasteiger partial charge in [-0.15, -0.1) is 0 Å². The Hall–Kier alpha value is -0.870. The summed E-state index contributed by atoms with van der Waals surface area (Å²) in [5, 5.41) is 0.222. The van der Waals surface area contributed by atoms with Crippen molar-refractivity contribution in [2.24, 2.45) is 0 Å². The molecule has 1 saturated carbocycles. The lowest BCUT2D eigenvalue weighted by Crippen LogP contribution is -2.44. The molecule has 2 N–H and O–H groups in total. The van der Waals surface area contributed by atoms with Crippen LogP contribution in [-0.2, 0) is 15.5 Å². The minimum Gasteiger partial charge on any atom is -0.399 e. The summed E-state index contributed by atoms with van der Waals surface area (Å²) in [4.78, 5) is 0.916. The molecule has 3 nitrogen and oxygen atoms in total. The third-order valence-corrected chi connectivity index (χ3v) is 6.72. The molecule has 1 aliphatic carbocycles. The third-order valence-electron chi connectivity index (χ3n) is 4.99. The Morgan fingerprint density at radius 2 is 2.05 bits per heavy atom. The van der Waals surface area contributed by atoms with Gasteiger partial charge in [0.2, 0.25) is 0 Å². The smallest absolute Gasteiger partial charge is 0.0694 e. The number of nitrogen functional groups attached to an aromatic ring is 1. The fourth-order valence-electron chi connectivity index (χ4n) is 3.68. The van der Waals surface area contributed by atoms with Gasteiger partial charge < -0.3 is 10.5 Å². The molecule has 1 heterocycles. The Bertz CT molecular complexity index is 532. The number of benzene rings is 1. The van der Waals surface area contributed by atoms with Gasteiger partial charge in [-0.1, -0.05) is 19.3 Å². The van der Waals surface area contributed by atoms with Crippen LogP contribution in [-0.4, -0.2) is 21.7 Å². The molecule has 0 bridgehead atoms. The lowest BCUT2D eigenvalue weighted by atomic mass is 9.80. The molecule has 116 valence electrons. The second-order valence-electron chi connectivity index (χ2n) is 6.52. The van der Waals surface area contributed by atoms with E-state index in [1.54, 1.807) is 0 Å². The largest absolute Gasteiger partial charge is 0.399 e. The van der Waals surface area contributed by atoms with Crippen LogP contribution >= 0.6 is 0 Å². The van der Waals surface area contributed by atoms with Crippen molar-refractivity contribution in [2.45, 2.75) is 67.6 Å². The van der Waals surface area contributed by atoms with Gasteiger partial charge in [-0.05, 0) is 56.4 Å². The highest BCUT2D eigenvalue weighted by Gasteiger charge is 2.40. The highest BCUT2D eigenvalue weighted by molar-refractivity contribution is 7.85. The third kappa shape index (κ3) is 3.16. The van der Waals surface area contributed by atoms with Crippen molar-refractivity contribution in [3.05, 3.63) is 23.8 Å². The van der Waals surface area contributed by atoms with E-state index in [4.69, 9.17) is 10.5 Å². The molecule has 3 rings (SSSR count). The zero-order valence-electron chi connectivity index (χ0n) is 12.8. The first-order chi connectivity index (χ1) is 10.1. The highest BCUT2D eigenvalue weighted by Crippen LogP contribution is 2.40. The molecule has 21 heavy (non-hydrogen) atoms. The van der Waals surface area contributed by atoms with Crippen molar-refractivity contribution in [3.63, 3.8) is 0 Å². The molecule has 1 aromatic rings. The van der Waals surface area contributed by atoms with Gasteiger partial charge in [0, 0.05) is 22.4 Å². The molecule has 0 radical (unpaired) electrons. The second kappa shape index (κ2) is 6.09. The minimum atomic E-state index is -0.952. The lowest BCUT2D eigenvalue weighted by molar-refractivity contribution is -0.0975. The molecule has 2 aliphatic rings. The van der Waals surface area contributed by atoms with Crippen LogP contribution in [0.3, 0.4) is 0 Å². The zero-order chi connectivity index (χ0) is 14.9. The predicted molar refractivity (Wildman–Crippen MR) is 86.8 cm³/mol. The van der Waals surface area contributed by atoms with E-state index in [9.17, 15) is 4.21 Å². The van der Waals surface area contributed by atoms with Gasteiger partial charge in [0.05, 0.1) is 16.4 Å². The first-order valence-electron chi connectivity index (χ1n) is 8.00. The maximum Gasteiger partial charge on any atom is 0.0694 e. The van der Waals surface area contributed by atoms with Crippen LogP contribution in [0.15, 0.2) is 23.1 Å². The molecule has 2 unspecified atom stereocenters. The standard InChI is InChI=1S/C17H25NO2S/c1-13-11-14(5-6-16(13)18)21(19)15-7-10-20-17(12-15)8-3-2-4-9-17/h5-6,11,15H,2-4,7-10,12,18H2,1H3. The molecule has 0 aromatic heterocycles. The molecule has 1 spiro atoms. The number of aryl methyl sites for hydroxylation is 1. The van der Waals surface area contributed by atoms with Crippen LogP contribution in [0.25, 0.3) is 0 Å². The number of ether oxygens (including phenoxy) is 1. The molecule has 1 aliphatic heterocycles. The summed E-state index contributed by atoms with van der Waals surface area (Å²) in [5.41, 5.74) is 7.66. The van der Waals surface area contributed by atoms with Gasteiger partial charge in [-0.2, -0.15) is 0 Å². The molecular weight excluding hydrogens is 282 g/mol. The van der Waals surface area contributed by atoms with E-state index >= 15 is 0 Å². The quantitative estimate of drug-likeness (QED) is 0.850. The van der Waals surface area contributed by atoms with Crippen LogP contribution in [0.2, 0.25) is 0 Å². The van der Waals surface area contributed by atoms with E-state index < -0.39 is 10.8 Å². The normalized spacial score (nSPS) is 26.6. The van der Waals surface area contributed by atoms with E-state index in [1.807, 2.05) is 25.1 Å². The van der Waals surface area contributed by atoms with Crippen molar-refractivity contribution in [1.29, 1.82) is 0 Å². The minimum absolute atomic E-state index is 0.0136. The van der Waals surface area contributed by atoms with Gasteiger partial charge in [-0.25, -0.2) is 0 Å². The summed E-state index contributed by atoms with van der Waals surface area (Å²) in [6.45, 7) is 2.73. The fraction of sp³-hybridized carbons (Fsp3) is 0.647. The van der Waals surface area contributed by atoms with E-state index in [0.717, 1.165) is 48.4 Å². The van der Waals surface area contributed by atoms with Crippen molar-refractivity contribution in [1.82, 2.24) is 0 Å². The van der Waals surface area contributed by atoms with Crippen molar-refractivity contribution < 1.29 is 8.95 Å². The molecule has 2 fully saturated rings.